The number of carbonyl (C=O) groups excluding carboxylic acids is 2. The summed E-state index contributed by atoms with van der Waals surface area (Å²) >= 11 is 0. The van der Waals surface area contributed by atoms with E-state index in [9.17, 15) is 9.59 Å². The molecule has 0 aromatic heterocycles. The third kappa shape index (κ3) is 2.95. The minimum atomic E-state index is -0.206. The predicted octanol–water partition coefficient (Wildman–Crippen LogP) is 2.47. The number of esters is 1. The van der Waals surface area contributed by atoms with E-state index in [1.165, 1.54) is 32.1 Å². The molecule has 0 unspecified atom stereocenters. The monoisotopic (exact) mass is 293 g/mol. The Morgan fingerprint density at radius 3 is 2.14 bits per heavy atom. The van der Waals surface area contributed by atoms with Gasteiger partial charge in [-0.25, -0.2) is 0 Å². The summed E-state index contributed by atoms with van der Waals surface area (Å²) < 4.78 is 4.94. The minimum Gasteiger partial charge on any atom is -0.466 e. The molecule has 4 saturated carbocycles. The minimum absolute atomic E-state index is 0.206. The van der Waals surface area contributed by atoms with Gasteiger partial charge in [0.25, 0.3) is 0 Å². The van der Waals surface area contributed by atoms with Crippen LogP contribution in [-0.2, 0) is 14.3 Å². The summed E-state index contributed by atoms with van der Waals surface area (Å²) in [5, 5.41) is 0. The van der Waals surface area contributed by atoms with Crippen LogP contribution in [0.3, 0.4) is 0 Å². The van der Waals surface area contributed by atoms with Gasteiger partial charge in [0.2, 0.25) is 5.91 Å². The van der Waals surface area contributed by atoms with Gasteiger partial charge >= 0.3 is 5.97 Å². The van der Waals surface area contributed by atoms with Gasteiger partial charge in [0.1, 0.15) is 0 Å². The predicted molar refractivity (Wildman–Crippen MR) is 79.4 cm³/mol. The van der Waals surface area contributed by atoms with Crippen molar-refractivity contribution in [1.29, 1.82) is 0 Å². The first-order valence-corrected chi connectivity index (χ1v) is 8.49. The van der Waals surface area contributed by atoms with Crippen LogP contribution in [0.4, 0.5) is 0 Å². The highest BCUT2D eigenvalue weighted by molar-refractivity contribution is 5.80. The molecular weight excluding hydrogens is 266 g/mol. The molecule has 0 aliphatic heterocycles. The number of nitrogens with zero attached hydrogens (tertiary/aromatic N) is 1. The van der Waals surface area contributed by atoms with Crippen molar-refractivity contribution in [3.8, 4) is 0 Å². The molecule has 0 saturated heterocycles. The fourth-order valence-corrected chi connectivity index (χ4v) is 5.19. The molecule has 4 aliphatic carbocycles. The first kappa shape index (κ1) is 14.9. The van der Waals surface area contributed by atoms with E-state index in [1.54, 1.807) is 11.8 Å². The molecule has 4 rings (SSSR count). The van der Waals surface area contributed by atoms with E-state index in [-0.39, 0.29) is 17.8 Å². The number of hydrogen-bond acceptors (Lipinski definition) is 3. The number of ether oxygens (including phenoxy) is 1. The first-order valence-electron chi connectivity index (χ1n) is 8.49. The molecule has 0 heterocycles. The largest absolute Gasteiger partial charge is 0.466 e. The normalized spacial score (nSPS) is 36.6. The van der Waals surface area contributed by atoms with Gasteiger partial charge in [-0.05, 0) is 62.7 Å². The molecule has 4 aliphatic rings. The summed E-state index contributed by atoms with van der Waals surface area (Å²) in [5.41, 5.74) is 0. The maximum absolute atomic E-state index is 12.8. The Morgan fingerprint density at radius 2 is 1.62 bits per heavy atom. The van der Waals surface area contributed by atoms with Crippen LogP contribution in [0.15, 0.2) is 0 Å². The number of carbonyl (C=O) groups is 2. The molecular formula is C17H27NO3. The molecule has 4 bridgehead atoms. The molecule has 4 nitrogen and oxygen atoms in total. The Morgan fingerprint density at radius 1 is 1.05 bits per heavy atom. The molecule has 0 radical (unpaired) electrons. The van der Waals surface area contributed by atoms with Crippen molar-refractivity contribution in [3.63, 3.8) is 0 Å². The summed E-state index contributed by atoms with van der Waals surface area (Å²) in [5.74, 6) is 3.29. The Bertz CT molecular complexity index is 392. The van der Waals surface area contributed by atoms with Crippen LogP contribution >= 0.6 is 0 Å². The van der Waals surface area contributed by atoms with Gasteiger partial charge in [0.15, 0.2) is 0 Å². The van der Waals surface area contributed by atoms with Gasteiger partial charge < -0.3 is 9.64 Å². The molecule has 21 heavy (non-hydrogen) atoms. The second-order valence-electron chi connectivity index (χ2n) is 7.27. The summed E-state index contributed by atoms with van der Waals surface area (Å²) in [7, 11) is 1.84. The number of rotatable bonds is 5. The van der Waals surface area contributed by atoms with Crippen molar-refractivity contribution >= 4 is 11.9 Å². The third-order valence-electron chi connectivity index (χ3n) is 5.84. The van der Waals surface area contributed by atoms with Crippen LogP contribution in [0.25, 0.3) is 0 Å². The van der Waals surface area contributed by atoms with Crippen LogP contribution < -0.4 is 0 Å². The maximum atomic E-state index is 12.8. The lowest BCUT2D eigenvalue weighted by Crippen LogP contribution is -2.51. The van der Waals surface area contributed by atoms with Crippen molar-refractivity contribution in [2.24, 2.45) is 29.6 Å². The van der Waals surface area contributed by atoms with Crippen LogP contribution in [-0.4, -0.2) is 37.0 Å². The SMILES string of the molecule is CCOC(=O)CCN(C)C(=O)C1C2CC3CC(C2)CC1C3. The van der Waals surface area contributed by atoms with Crippen LogP contribution in [0, 0.1) is 29.6 Å². The van der Waals surface area contributed by atoms with E-state index in [0.29, 0.717) is 31.4 Å². The van der Waals surface area contributed by atoms with Crippen molar-refractivity contribution in [2.75, 3.05) is 20.2 Å². The van der Waals surface area contributed by atoms with E-state index in [0.717, 1.165) is 11.8 Å². The van der Waals surface area contributed by atoms with Crippen molar-refractivity contribution in [3.05, 3.63) is 0 Å². The topological polar surface area (TPSA) is 46.6 Å². The second kappa shape index (κ2) is 5.98. The third-order valence-corrected chi connectivity index (χ3v) is 5.84. The maximum Gasteiger partial charge on any atom is 0.307 e. The van der Waals surface area contributed by atoms with E-state index in [4.69, 9.17) is 4.74 Å². The average molecular weight is 293 g/mol. The van der Waals surface area contributed by atoms with Crippen LogP contribution in [0.5, 0.6) is 0 Å². The van der Waals surface area contributed by atoms with E-state index < -0.39 is 0 Å². The molecule has 118 valence electrons. The zero-order valence-corrected chi connectivity index (χ0v) is 13.2. The summed E-state index contributed by atoms with van der Waals surface area (Å²) in [6, 6.07) is 0. The average Bonchev–Trinajstić information content (AvgIpc) is 2.43. The van der Waals surface area contributed by atoms with Gasteiger partial charge in [-0.1, -0.05) is 0 Å². The van der Waals surface area contributed by atoms with Crippen molar-refractivity contribution in [2.45, 2.75) is 45.4 Å². The quantitative estimate of drug-likeness (QED) is 0.732. The van der Waals surface area contributed by atoms with Gasteiger partial charge in [-0.2, -0.15) is 0 Å². The zero-order valence-electron chi connectivity index (χ0n) is 13.2. The van der Waals surface area contributed by atoms with Gasteiger partial charge in [-0.15, -0.1) is 0 Å². The van der Waals surface area contributed by atoms with Gasteiger partial charge in [-0.3, -0.25) is 9.59 Å². The Kier molecular flexibility index (Phi) is 4.23. The fourth-order valence-electron chi connectivity index (χ4n) is 5.19. The van der Waals surface area contributed by atoms with Crippen LogP contribution in [0.2, 0.25) is 0 Å². The molecule has 4 fully saturated rings. The smallest absolute Gasteiger partial charge is 0.307 e. The lowest BCUT2D eigenvalue weighted by Gasteiger charge is -2.54. The molecule has 0 aromatic carbocycles. The van der Waals surface area contributed by atoms with E-state index >= 15 is 0 Å². The highest BCUT2D eigenvalue weighted by Gasteiger charge is 2.51. The lowest BCUT2D eigenvalue weighted by atomic mass is 9.51. The highest BCUT2D eigenvalue weighted by Crippen LogP contribution is 2.56. The van der Waals surface area contributed by atoms with Crippen molar-refractivity contribution < 1.29 is 14.3 Å². The Balaban J connectivity index is 1.56. The Labute approximate surface area is 127 Å². The number of amides is 1. The number of hydrogen-bond donors (Lipinski definition) is 0. The van der Waals surface area contributed by atoms with E-state index in [1.807, 2.05) is 7.05 Å². The van der Waals surface area contributed by atoms with Crippen LogP contribution in [0.1, 0.15) is 45.4 Å². The fraction of sp³-hybridized carbons (Fsp3) is 0.882. The molecule has 0 aromatic rings. The molecule has 4 heteroatoms. The molecule has 0 N–H and O–H groups in total. The van der Waals surface area contributed by atoms with Gasteiger partial charge in [0, 0.05) is 19.5 Å². The lowest BCUT2D eigenvalue weighted by molar-refractivity contribution is -0.149. The summed E-state index contributed by atoms with van der Waals surface area (Å²) in [4.78, 5) is 26.0. The highest BCUT2D eigenvalue weighted by atomic mass is 16.5. The molecule has 1 amide bonds. The Hall–Kier alpha value is -1.06. The second-order valence-corrected chi connectivity index (χ2v) is 7.27. The molecule has 0 atom stereocenters. The van der Waals surface area contributed by atoms with Crippen molar-refractivity contribution in [1.82, 2.24) is 4.90 Å². The standard InChI is InChI=1S/C17H27NO3/c1-3-21-15(19)4-5-18(2)17(20)16-13-7-11-6-12(9-13)10-14(16)8-11/h11-14,16H,3-10H2,1-2H3. The van der Waals surface area contributed by atoms with E-state index in [2.05, 4.69) is 0 Å². The summed E-state index contributed by atoms with van der Waals surface area (Å²) in [6.07, 6.45) is 6.75. The first-order chi connectivity index (χ1) is 10.1. The molecule has 0 spiro atoms. The zero-order chi connectivity index (χ0) is 15.0. The van der Waals surface area contributed by atoms with Gasteiger partial charge in [0.05, 0.1) is 13.0 Å². The summed E-state index contributed by atoms with van der Waals surface area (Å²) in [6.45, 7) is 2.70.